The van der Waals surface area contributed by atoms with Gasteiger partial charge in [0, 0.05) is 52.3 Å². The zero-order valence-corrected chi connectivity index (χ0v) is 50.1. The number of nitrogens with two attached hydrogens (primary N) is 1. The van der Waals surface area contributed by atoms with E-state index in [1.807, 2.05) is 25.3 Å². The van der Waals surface area contributed by atoms with Crippen LogP contribution >= 0.6 is 0 Å². The number of nitrogens with one attached hydrogen (secondary N) is 2. The summed E-state index contributed by atoms with van der Waals surface area (Å²) in [7, 11) is 0. The lowest BCUT2D eigenvalue weighted by molar-refractivity contribution is 0.00830. The Kier molecular flexibility index (Phi) is 18.2. The average molecular weight is 1060 g/mol. The van der Waals surface area contributed by atoms with Crippen LogP contribution in [0.5, 0.6) is 0 Å². The Hall–Kier alpha value is -7.00. The van der Waals surface area contributed by atoms with Gasteiger partial charge in [0.1, 0.15) is 6.73 Å². The van der Waals surface area contributed by atoms with Gasteiger partial charge in [0.15, 0.2) is 0 Å². The van der Waals surface area contributed by atoms with Crippen molar-refractivity contribution in [3.05, 3.63) is 287 Å². The van der Waals surface area contributed by atoms with Crippen LogP contribution in [0.3, 0.4) is 0 Å². The average Bonchev–Trinajstić information content (AvgIpc) is 4.49. The molecular weight excluding hydrogens is 965 g/mol. The summed E-state index contributed by atoms with van der Waals surface area (Å²) >= 11 is 0. The van der Waals surface area contributed by atoms with Crippen LogP contribution in [0.4, 0.5) is 0 Å². The van der Waals surface area contributed by atoms with Gasteiger partial charge in [0.2, 0.25) is 0 Å². The minimum Gasteiger partial charge on any atom is -0.365 e. The number of aromatic amines is 1. The number of rotatable bonds is 13. The molecule has 0 atom stereocenters. The topological polar surface area (TPSA) is 76.2 Å². The molecule has 1 aliphatic rings. The number of aryl methyl sites for hydroxylation is 3. The molecule has 10 rings (SSSR count). The molecule has 3 aromatic heterocycles. The highest BCUT2D eigenvalue weighted by atomic mass is 16.5. The predicted molar refractivity (Wildman–Crippen MR) is 332 cm³/mol. The number of hydrogen-bond acceptors (Lipinski definition) is 4. The van der Waals surface area contributed by atoms with Crippen molar-refractivity contribution in [1.29, 1.82) is 0 Å². The molecule has 414 valence electrons. The van der Waals surface area contributed by atoms with Crippen molar-refractivity contribution in [3.63, 3.8) is 0 Å². The first kappa shape index (κ1) is 59.7. The molecule has 0 saturated carbocycles. The molecule has 0 bridgehead atoms. The number of nitrogens with zero attached hydrogens (tertiary/aromatic N) is 3. The van der Waals surface area contributed by atoms with E-state index in [1.165, 1.54) is 50.5 Å². The van der Waals surface area contributed by atoms with Gasteiger partial charge in [-0.3, -0.25) is 10.2 Å². The summed E-state index contributed by atoms with van der Waals surface area (Å²) in [6, 6.07) is 77.4. The normalized spacial score (nSPS) is 14.7. The molecule has 4 N–H and O–H groups in total. The van der Waals surface area contributed by atoms with Crippen LogP contribution in [0.2, 0.25) is 0 Å². The molecular formula is C72H90N6O. The van der Waals surface area contributed by atoms with Gasteiger partial charge in [-0.05, 0) is 174 Å². The molecule has 7 nitrogen and oxygen atoms in total. The van der Waals surface area contributed by atoms with Crippen molar-refractivity contribution >= 4 is 0 Å². The molecule has 0 aliphatic carbocycles. The minimum absolute atomic E-state index is 0.0550. The summed E-state index contributed by atoms with van der Waals surface area (Å²) in [5, 5.41) is 4.19. The molecule has 4 heterocycles. The lowest BCUT2D eigenvalue weighted by Gasteiger charge is -2.51. The summed E-state index contributed by atoms with van der Waals surface area (Å²) in [6.45, 7) is 33.6. The fourth-order valence-corrected chi connectivity index (χ4v) is 11.0. The number of H-pyrrole nitrogens is 1. The molecule has 0 spiro atoms. The Morgan fingerprint density at radius 1 is 0.443 bits per heavy atom. The van der Waals surface area contributed by atoms with Crippen molar-refractivity contribution in [2.75, 3.05) is 6.73 Å². The van der Waals surface area contributed by atoms with Crippen LogP contribution in [0.25, 0.3) is 0 Å². The van der Waals surface area contributed by atoms with E-state index >= 15 is 0 Å². The molecule has 0 radical (unpaired) electrons. The second kappa shape index (κ2) is 24.2. The largest absolute Gasteiger partial charge is 0.365 e. The lowest BCUT2D eigenvalue weighted by atomic mass is 9.72. The summed E-state index contributed by atoms with van der Waals surface area (Å²) in [6.07, 6.45) is 6.19. The Labute approximate surface area is 474 Å². The zero-order valence-electron chi connectivity index (χ0n) is 50.1. The Balaban J connectivity index is 0.000000173. The predicted octanol–water partition coefficient (Wildman–Crippen LogP) is 16.3. The third-order valence-electron chi connectivity index (χ3n) is 17.8. The van der Waals surface area contributed by atoms with Crippen molar-refractivity contribution in [2.24, 2.45) is 5.73 Å². The van der Waals surface area contributed by atoms with Gasteiger partial charge in [-0.1, -0.05) is 182 Å². The third kappa shape index (κ3) is 12.1. The monoisotopic (exact) mass is 1050 g/mol. The van der Waals surface area contributed by atoms with Crippen LogP contribution in [0, 0.1) is 20.8 Å². The van der Waals surface area contributed by atoms with E-state index < -0.39 is 11.1 Å². The summed E-state index contributed by atoms with van der Waals surface area (Å²) in [4.78, 5) is 5.53. The molecule has 1 aliphatic heterocycles. The first-order valence-corrected chi connectivity index (χ1v) is 28.1. The number of ether oxygens (including phenoxy) is 1. The van der Waals surface area contributed by atoms with Crippen molar-refractivity contribution in [2.45, 2.75) is 148 Å². The fraction of sp³-hybridized carbons (Fsp3) is 0.333. The van der Waals surface area contributed by atoms with Gasteiger partial charge in [-0.25, -0.2) is 0 Å². The van der Waals surface area contributed by atoms with E-state index in [0.29, 0.717) is 6.73 Å². The maximum atomic E-state index is 6.36. The highest BCUT2D eigenvalue weighted by molar-refractivity contribution is 5.52. The van der Waals surface area contributed by atoms with Gasteiger partial charge in [0.25, 0.3) is 0 Å². The molecule has 9 aromatic rings. The molecule has 1 fully saturated rings. The van der Waals surface area contributed by atoms with Gasteiger partial charge in [0.05, 0.1) is 27.8 Å². The molecule has 1 saturated heterocycles. The number of benzene rings is 6. The van der Waals surface area contributed by atoms with Crippen LogP contribution in [0.15, 0.2) is 237 Å². The maximum absolute atomic E-state index is 6.36. The molecule has 0 amide bonds. The summed E-state index contributed by atoms with van der Waals surface area (Å²) in [5.41, 5.74) is 15.2. The number of aromatic nitrogens is 3. The van der Waals surface area contributed by atoms with E-state index in [1.54, 1.807) is 0 Å². The summed E-state index contributed by atoms with van der Waals surface area (Å²) < 4.78 is 11.0. The van der Waals surface area contributed by atoms with Crippen molar-refractivity contribution in [1.82, 2.24) is 24.3 Å². The van der Waals surface area contributed by atoms with Gasteiger partial charge >= 0.3 is 0 Å². The highest BCUT2D eigenvalue weighted by Crippen LogP contribution is 2.52. The van der Waals surface area contributed by atoms with E-state index in [9.17, 15) is 0 Å². The van der Waals surface area contributed by atoms with E-state index in [0.717, 1.165) is 0 Å². The van der Waals surface area contributed by atoms with Crippen LogP contribution in [-0.2, 0) is 26.9 Å². The quantitative estimate of drug-likeness (QED) is 0.101. The van der Waals surface area contributed by atoms with Gasteiger partial charge in [-0.2, -0.15) is 0 Å². The van der Waals surface area contributed by atoms with Crippen LogP contribution in [0.1, 0.15) is 134 Å². The molecule has 79 heavy (non-hydrogen) atoms. The van der Waals surface area contributed by atoms with E-state index in [4.69, 9.17) is 10.5 Å². The molecule has 0 unspecified atom stereocenters. The molecule has 6 aromatic carbocycles. The van der Waals surface area contributed by atoms with Gasteiger partial charge in [-0.15, -0.1) is 0 Å². The minimum atomic E-state index is -0.508. The molecule has 7 heteroatoms. The first-order chi connectivity index (χ1) is 37.4. The highest BCUT2D eigenvalue weighted by Gasteiger charge is 2.58. The standard InChI is InChI=1S/C30H34N2.C26H29NO.C11H20N2.C5H7N/c1-24-16-15-23-32(24)29(4,5)28(2,3)31-30(25-17-9-6-10-18-25,26-19-11-7-12-20-26)27-21-13-8-14-22-27;1-24(2)25(3,4)28-20-27(24)26(21-14-8-5-9-15-21,22-16-10-6-11-17-22)23-18-12-7-13-19-23;1-9-7-6-8-13(9)11(4,5)10(2,3)12;1-5-3-2-4-6-5/h6-23,31H,1-5H3;5-19H,20H2,1-4H3;6-8H,12H2,1-5H3;2-4,6H,1H3. The maximum Gasteiger partial charge on any atom is 0.102 e. The Bertz CT molecular complexity index is 3030. The fourth-order valence-electron chi connectivity index (χ4n) is 11.0. The van der Waals surface area contributed by atoms with E-state index in [-0.39, 0.29) is 33.3 Å². The van der Waals surface area contributed by atoms with Crippen molar-refractivity contribution < 1.29 is 4.74 Å². The zero-order chi connectivity index (χ0) is 57.3. The SMILES string of the molecule is CC1(C)OCN(C(c2ccccc2)(c2ccccc2)c2ccccc2)C1(C)C.Cc1ccc[nH]1.Cc1cccn1C(C)(C)C(C)(C)N.Cc1cccn1C(C)(C)C(C)(C)NC(c1ccccc1)(c1ccccc1)c1ccccc1. The van der Waals surface area contributed by atoms with Gasteiger partial charge < -0.3 is 24.6 Å². The smallest absolute Gasteiger partial charge is 0.102 e. The van der Waals surface area contributed by atoms with E-state index in [2.05, 4.69) is 340 Å². The second-order valence-electron chi connectivity index (χ2n) is 24.4. The summed E-state index contributed by atoms with van der Waals surface area (Å²) in [5.74, 6) is 0. The lowest BCUT2D eigenvalue weighted by Crippen LogP contribution is -2.64. The number of hydrogen-bond donors (Lipinski definition) is 3. The Morgan fingerprint density at radius 3 is 1.04 bits per heavy atom. The second-order valence-corrected chi connectivity index (χ2v) is 24.4. The van der Waals surface area contributed by atoms with Crippen LogP contribution in [-0.4, -0.2) is 48.0 Å². The van der Waals surface area contributed by atoms with Crippen LogP contribution < -0.4 is 11.1 Å². The first-order valence-electron chi connectivity index (χ1n) is 28.1. The Morgan fingerprint density at radius 2 is 0.785 bits per heavy atom. The third-order valence-corrected chi connectivity index (χ3v) is 17.8. The van der Waals surface area contributed by atoms with Crippen molar-refractivity contribution in [3.8, 4) is 0 Å².